The predicted octanol–water partition coefficient (Wildman–Crippen LogP) is 2.16. The Balaban J connectivity index is 2.16. The third-order valence-corrected chi connectivity index (χ3v) is 3.74. The standard InChI is InChI=1S/C17H23FN2O4/c1-17(2,3)24-16(23)20-10-13(21)9-14(20)15(22)19(4)12-7-5-11(18)6-8-12/h5-8,13-14,21H,9-10H2,1-4H3/t13-,14-/m0/s1. The summed E-state index contributed by atoms with van der Waals surface area (Å²) in [7, 11) is 1.55. The monoisotopic (exact) mass is 338 g/mol. The van der Waals surface area contributed by atoms with Crippen molar-refractivity contribution < 1.29 is 23.8 Å². The van der Waals surface area contributed by atoms with Crippen molar-refractivity contribution in [2.75, 3.05) is 18.5 Å². The average Bonchev–Trinajstić information content (AvgIpc) is 2.87. The molecule has 0 radical (unpaired) electrons. The first-order valence-electron chi connectivity index (χ1n) is 7.79. The van der Waals surface area contributed by atoms with Gasteiger partial charge in [-0.3, -0.25) is 9.69 Å². The Morgan fingerprint density at radius 3 is 2.42 bits per heavy atom. The van der Waals surface area contributed by atoms with Gasteiger partial charge in [-0.25, -0.2) is 9.18 Å². The summed E-state index contributed by atoms with van der Waals surface area (Å²) >= 11 is 0. The van der Waals surface area contributed by atoms with Gasteiger partial charge in [-0.1, -0.05) is 0 Å². The molecule has 0 aliphatic carbocycles. The number of β-amino-alcohol motifs (C(OH)–C–C–N with tert-alkyl or cyclic N) is 1. The fourth-order valence-electron chi connectivity index (χ4n) is 2.59. The van der Waals surface area contributed by atoms with Crippen LogP contribution in [0, 0.1) is 5.82 Å². The number of hydrogen-bond acceptors (Lipinski definition) is 4. The zero-order valence-corrected chi connectivity index (χ0v) is 14.3. The minimum absolute atomic E-state index is 0.0442. The number of carbonyl (C=O) groups is 2. The lowest BCUT2D eigenvalue weighted by molar-refractivity contribution is -0.122. The fraction of sp³-hybridized carbons (Fsp3) is 0.529. The second-order valence-electron chi connectivity index (χ2n) is 6.91. The highest BCUT2D eigenvalue weighted by Crippen LogP contribution is 2.24. The molecule has 6 nitrogen and oxygen atoms in total. The number of carbonyl (C=O) groups excluding carboxylic acids is 2. The van der Waals surface area contributed by atoms with Crippen LogP contribution >= 0.6 is 0 Å². The number of rotatable bonds is 2. The van der Waals surface area contributed by atoms with Crippen LogP contribution in [0.1, 0.15) is 27.2 Å². The van der Waals surface area contributed by atoms with Crippen LogP contribution in [-0.2, 0) is 9.53 Å². The molecule has 1 aromatic carbocycles. The summed E-state index contributed by atoms with van der Waals surface area (Å²) in [6, 6.07) is 4.67. The highest BCUT2D eigenvalue weighted by Gasteiger charge is 2.42. The maximum atomic E-state index is 13.0. The number of likely N-dealkylation sites (N-methyl/N-ethyl adjacent to an activating group) is 1. The molecule has 1 aliphatic heterocycles. The zero-order chi connectivity index (χ0) is 18.1. The summed E-state index contributed by atoms with van der Waals surface area (Å²) in [4.78, 5) is 27.6. The second-order valence-corrected chi connectivity index (χ2v) is 6.91. The van der Waals surface area contributed by atoms with E-state index in [1.807, 2.05) is 0 Å². The van der Waals surface area contributed by atoms with Crippen molar-refractivity contribution in [3.8, 4) is 0 Å². The number of halogens is 1. The highest BCUT2D eigenvalue weighted by molar-refractivity contribution is 5.98. The van der Waals surface area contributed by atoms with E-state index in [9.17, 15) is 19.1 Å². The number of aliphatic hydroxyl groups is 1. The smallest absolute Gasteiger partial charge is 0.411 e. The Labute approximate surface area is 140 Å². The molecule has 0 spiro atoms. The molecule has 0 aromatic heterocycles. The molecule has 0 unspecified atom stereocenters. The van der Waals surface area contributed by atoms with E-state index in [1.54, 1.807) is 27.8 Å². The van der Waals surface area contributed by atoms with Gasteiger partial charge in [-0.05, 0) is 45.0 Å². The van der Waals surface area contributed by atoms with E-state index >= 15 is 0 Å². The molecule has 132 valence electrons. The maximum Gasteiger partial charge on any atom is 0.411 e. The molecular weight excluding hydrogens is 315 g/mol. The summed E-state index contributed by atoms with van der Waals surface area (Å²) < 4.78 is 18.3. The van der Waals surface area contributed by atoms with E-state index in [0.717, 1.165) is 0 Å². The maximum absolute atomic E-state index is 13.0. The lowest BCUT2D eigenvalue weighted by Gasteiger charge is -2.30. The largest absolute Gasteiger partial charge is 0.444 e. The van der Waals surface area contributed by atoms with Gasteiger partial charge in [0.25, 0.3) is 0 Å². The van der Waals surface area contributed by atoms with Crippen molar-refractivity contribution in [2.24, 2.45) is 0 Å². The molecule has 1 aromatic rings. The third kappa shape index (κ3) is 4.23. The molecule has 0 saturated carbocycles. The Morgan fingerprint density at radius 1 is 1.29 bits per heavy atom. The van der Waals surface area contributed by atoms with Gasteiger partial charge in [-0.15, -0.1) is 0 Å². The van der Waals surface area contributed by atoms with E-state index < -0.39 is 29.7 Å². The van der Waals surface area contributed by atoms with Gasteiger partial charge in [0.1, 0.15) is 17.5 Å². The molecule has 1 N–H and O–H groups in total. The molecule has 1 aliphatic rings. The van der Waals surface area contributed by atoms with E-state index in [0.29, 0.717) is 5.69 Å². The van der Waals surface area contributed by atoms with Gasteiger partial charge in [-0.2, -0.15) is 0 Å². The van der Waals surface area contributed by atoms with E-state index in [1.165, 1.54) is 34.1 Å². The van der Waals surface area contributed by atoms with Gasteiger partial charge in [0.15, 0.2) is 0 Å². The number of anilines is 1. The van der Waals surface area contributed by atoms with Gasteiger partial charge >= 0.3 is 6.09 Å². The molecule has 24 heavy (non-hydrogen) atoms. The van der Waals surface area contributed by atoms with Crippen molar-refractivity contribution >= 4 is 17.7 Å². The fourth-order valence-corrected chi connectivity index (χ4v) is 2.59. The van der Waals surface area contributed by atoms with Crippen LogP contribution in [0.25, 0.3) is 0 Å². The van der Waals surface area contributed by atoms with E-state index in [-0.39, 0.29) is 18.9 Å². The summed E-state index contributed by atoms with van der Waals surface area (Å²) in [5, 5.41) is 9.89. The predicted molar refractivity (Wildman–Crippen MR) is 87.2 cm³/mol. The number of benzene rings is 1. The van der Waals surface area contributed by atoms with Crippen LogP contribution in [0.2, 0.25) is 0 Å². The van der Waals surface area contributed by atoms with Gasteiger partial charge < -0.3 is 14.7 Å². The van der Waals surface area contributed by atoms with Crippen LogP contribution in [0.4, 0.5) is 14.9 Å². The van der Waals surface area contributed by atoms with Crippen LogP contribution in [-0.4, -0.2) is 53.3 Å². The van der Waals surface area contributed by atoms with Crippen molar-refractivity contribution in [2.45, 2.75) is 44.9 Å². The molecule has 1 saturated heterocycles. The number of amides is 2. The van der Waals surface area contributed by atoms with Crippen molar-refractivity contribution in [1.82, 2.24) is 4.90 Å². The second kappa shape index (κ2) is 6.76. The molecular formula is C17H23FN2O4. The molecule has 1 heterocycles. The average molecular weight is 338 g/mol. The normalized spacial score (nSPS) is 20.8. The summed E-state index contributed by atoms with van der Waals surface area (Å²) in [6.45, 7) is 5.25. The summed E-state index contributed by atoms with van der Waals surface area (Å²) in [5.74, 6) is -0.754. The Bertz CT molecular complexity index is 612. The first kappa shape index (κ1) is 18.2. The molecule has 0 bridgehead atoms. The Kier molecular flexibility index (Phi) is 5.13. The number of nitrogens with zero attached hydrogens (tertiary/aromatic N) is 2. The van der Waals surface area contributed by atoms with Crippen molar-refractivity contribution in [1.29, 1.82) is 0 Å². The Hall–Kier alpha value is -2.15. The number of hydrogen-bond donors (Lipinski definition) is 1. The van der Waals surface area contributed by atoms with Crippen LogP contribution < -0.4 is 4.90 Å². The minimum atomic E-state index is -0.815. The van der Waals surface area contributed by atoms with Gasteiger partial charge in [0.2, 0.25) is 5.91 Å². The molecule has 2 atom stereocenters. The first-order chi connectivity index (χ1) is 11.1. The van der Waals surface area contributed by atoms with Crippen LogP contribution in [0.3, 0.4) is 0 Å². The Morgan fingerprint density at radius 2 is 1.88 bits per heavy atom. The number of ether oxygens (including phenoxy) is 1. The van der Waals surface area contributed by atoms with Gasteiger partial charge in [0, 0.05) is 19.2 Å². The number of likely N-dealkylation sites (tertiary alicyclic amines) is 1. The zero-order valence-electron chi connectivity index (χ0n) is 14.3. The first-order valence-corrected chi connectivity index (χ1v) is 7.79. The van der Waals surface area contributed by atoms with Crippen molar-refractivity contribution in [3.05, 3.63) is 30.1 Å². The minimum Gasteiger partial charge on any atom is -0.444 e. The summed E-state index contributed by atoms with van der Waals surface area (Å²) in [5.41, 5.74) is -0.187. The SMILES string of the molecule is CN(C(=O)[C@@H]1C[C@H](O)CN1C(=O)OC(C)(C)C)c1ccc(F)cc1. The highest BCUT2D eigenvalue weighted by atomic mass is 19.1. The lowest BCUT2D eigenvalue weighted by Crippen LogP contribution is -2.48. The third-order valence-electron chi connectivity index (χ3n) is 3.74. The summed E-state index contributed by atoms with van der Waals surface area (Å²) in [6.07, 6.45) is -1.28. The van der Waals surface area contributed by atoms with Crippen LogP contribution in [0.15, 0.2) is 24.3 Å². The quantitative estimate of drug-likeness (QED) is 0.897. The van der Waals surface area contributed by atoms with Crippen LogP contribution in [0.5, 0.6) is 0 Å². The topological polar surface area (TPSA) is 70.1 Å². The molecule has 2 amide bonds. The number of aliphatic hydroxyl groups excluding tert-OH is 1. The van der Waals surface area contributed by atoms with E-state index in [4.69, 9.17) is 4.74 Å². The lowest BCUT2D eigenvalue weighted by atomic mass is 10.1. The molecule has 2 rings (SSSR count). The molecule has 1 fully saturated rings. The molecule has 7 heteroatoms. The van der Waals surface area contributed by atoms with Gasteiger partial charge in [0.05, 0.1) is 12.6 Å². The van der Waals surface area contributed by atoms with E-state index in [2.05, 4.69) is 0 Å². The van der Waals surface area contributed by atoms with Crippen molar-refractivity contribution in [3.63, 3.8) is 0 Å².